The van der Waals surface area contributed by atoms with Crippen LogP contribution in [0, 0.1) is 0 Å². The highest BCUT2D eigenvalue weighted by Crippen LogP contribution is 2.58. The Bertz CT molecular complexity index is 1900. The van der Waals surface area contributed by atoms with E-state index in [1.807, 2.05) is 5.09 Å². The summed E-state index contributed by atoms with van der Waals surface area (Å²) in [5.41, 5.74) is 2.96. The molecule has 2 unspecified atom stereocenters. The fourth-order valence-corrected chi connectivity index (χ4v) is 6.92. The molecule has 1 amide bonds. The maximum Gasteiger partial charge on any atom is 0.480 e. The predicted octanol–water partition coefficient (Wildman–Crippen LogP) is 0.957. The van der Waals surface area contributed by atoms with Crippen LogP contribution in [-0.4, -0.2) is 94.7 Å². The molecule has 6 atom stereocenters. The number of alkyl halides is 3. The number of carbonyl (C=O) groups is 1. The van der Waals surface area contributed by atoms with E-state index in [1.54, 1.807) is 0 Å². The minimum Gasteiger partial charge on any atom is -0.507 e. The summed E-state index contributed by atoms with van der Waals surface area (Å²) in [6.07, 6.45) is -7.19. The lowest BCUT2D eigenvalue weighted by molar-refractivity contribution is -0.166. The van der Waals surface area contributed by atoms with Gasteiger partial charge in [-0.25, -0.2) is 29.2 Å². The number of phosphoric acid groups is 1. The van der Waals surface area contributed by atoms with Crippen molar-refractivity contribution in [2.24, 2.45) is 10.2 Å². The molecule has 0 radical (unpaired) electrons. The molecular weight excluding hydrogens is 709 g/mol. The number of aliphatic hydroxyl groups is 2. The average Bonchev–Trinajstić information content (AvgIpc) is 3.66. The largest absolute Gasteiger partial charge is 0.507 e. The average molecular weight is 737 g/mol. The third-order valence-corrected chi connectivity index (χ3v) is 10.0. The van der Waals surface area contributed by atoms with Gasteiger partial charge in [0.2, 0.25) is 5.91 Å². The minimum atomic E-state index is -5.28. The Kier molecular flexibility index (Phi) is 9.98. The molecule has 2 aliphatic heterocycles. The number of aliphatic hydroxyl groups excluding tert-OH is 2. The van der Waals surface area contributed by atoms with E-state index in [-0.39, 0.29) is 34.7 Å². The summed E-state index contributed by atoms with van der Waals surface area (Å²) in [4.78, 5) is 44.2. The maximum absolute atomic E-state index is 13.2. The van der Waals surface area contributed by atoms with Crippen LogP contribution in [0.3, 0.4) is 0 Å². The second-order valence-electron chi connectivity index (χ2n) is 10.6. The van der Waals surface area contributed by atoms with E-state index in [1.165, 1.54) is 23.9 Å². The van der Waals surface area contributed by atoms with Crippen LogP contribution in [0.5, 0.6) is 5.75 Å². The van der Waals surface area contributed by atoms with Crippen molar-refractivity contribution in [2.45, 2.75) is 43.3 Å². The number of hydrogen-bond acceptors (Lipinski definition) is 15. The van der Waals surface area contributed by atoms with Crippen molar-refractivity contribution in [3.05, 3.63) is 47.6 Å². The molecule has 49 heavy (non-hydrogen) atoms. The van der Waals surface area contributed by atoms with Gasteiger partial charge in [-0.1, -0.05) is 12.1 Å². The van der Waals surface area contributed by atoms with Gasteiger partial charge in [0.1, 0.15) is 35.9 Å². The summed E-state index contributed by atoms with van der Waals surface area (Å²) < 4.78 is 80.2. The van der Waals surface area contributed by atoms with Crippen molar-refractivity contribution in [2.75, 3.05) is 25.4 Å². The van der Waals surface area contributed by atoms with Crippen molar-refractivity contribution in [1.29, 1.82) is 0 Å². The molecule has 25 heteroatoms. The highest BCUT2D eigenvalue weighted by Gasteiger charge is 2.65. The number of hydrogen-bond donors (Lipinski definition) is 8. The number of nitrogens with one attached hydrogen (secondary N) is 2. The van der Waals surface area contributed by atoms with Crippen LogP contribution in [0.1, 0.15) is 24.3 Å². The van der Waals surface area contributed by atoms with Crippen LogP contribution in [0.2, 0.25) is 0 Å². The van der Waals surface area contributed by atoms with Gasteiger partial charge in [0.05, 0.1) is 12.9 Å². The third kappa shape index (κ3) is 7.80. The van der Waals surface area contributed by atoms with Crippen molar-refractivity contribution in [1.82, 2.24) is 29.9 Å². The molecule has 2 aromatic heterocycles. The summed E-state index contributed by atoms with van der Waals surface area (Å²) in [5.74, 6) is -1.26. The Morgan fingerprint density at radius 3 is 2.53 bits per heavy atom. The van der Waals surface area contributed by atoms with Gasteiger partial charge >= 0.3 is 27.4 Å². The number of aromatic nitrogens is 4. The smallest absolute Gasteiger partial charge is 0.480 e. The summed E-state index contributed by atoms with van der Waals surface area (Å²) in [5, 5.41) is 41.5. The van der Waals surface area contributed by atoms with E-state index in [9.17, 15) is 52.2 Å². The molecule has 266 valence electrons. The number of nitrogens with zero attached hydrogens (tertiary/aromatic N) is 6. The van der Waals surface area contributed by atoms with Crippen LogP contribution < -0.4 is 16.1 Å². The van der Waals surface area contributed by atoms with Gasteiger partial charge < -0.3 is 40.9 Å². The number of phenolic OH excluding ortho intramolecular Hbond substituents is 1. The Balaban J connectivity index is 1.08. The molecule has 2 aliphatic rings. The molecular formula is C24H28F3N9O11P2. The first-order valence-corrected chi connectivity index (χ1v) is 16.9. The van der Waals surface area contributed by atoms with Crippen molar-refractivity contribution < 1.29 is 65.8 Å². The topological polar surface area (TPSA) is 298 Å². The van der Waals surface area contributed by atoms with Gasteiger partial charge in [0.15, 0.2) is 17.7 Å². The normalized spacial score (nSPS) is 24.4. The Hall–Kier alpha value is -3.89. The molecule has 0 bridgehead atoms. The Labute approximate surface area is 272 Å². The van der Waals surface area contributed by atoms with E-state index in [0.29, 0.717) is 0 Å². The molecule has 1 saturated heterocycles. The number of fused-ring (bicyclic) bond motifs is 1. The number of aromatic hydroxyl groups is 1. The van der Waals surface area contributed by atoms with E-state index >= 15 is 0 Å². The number of benzene rings is 1. The molecule has 0 spiro atoms. The zero-order chi connectivity index (χ0) is 35.9. The SMILES string of the molecule is C/C(=C\c1ccc(C2(C(F)(F)F)N=N2)cc1O)C(=O)NCCNP(=O)(O)OP(=O)(O)OC[C@H]1O[C@@H](n2cnc3c(N)ncnc32)[C@H](O)[C@@H]1O. The molecule has 0 saturated carbocycles. The fraction of sp³-hybridized carbons (Fsp3) is 0.417. The van der Waals surface area contributed by atoms with Crippen LogP contribution in [0.25, 0.3) is 17.2 Å². The van der Waals surface area contributed by atoms with E-state index < -0.39 is 82.3 Å². The number of rotatable bonds is 13. The number of carbonyl (C=O) groups excluding carboxylic acids is 1. The number of phosphoric ester groups is 1. The molecule has 1 aromatic carbocycles. The minimum absolute atomic E-state index is 0.00613. The lowest BCUT2D eigenvalue weighted by Gasteiger charge is -2.19. The highest BCUT2D eigenvalue weighted by molar-refractivity contribution is 7.62. The van der Waals surface area contributed by atoms with E-state index in [4.69, 9.17) is 15.0 Å². The number of imidazole rings is 1. The number of nitrogens with two attached hydrogens (primary N) is 1. The van der Waals surface area contributed by atoms with Gasteiger partial charge in [0.25, 0.3) is 0 Å². The van der Waals surface area contributed by atoms with Crippen LogP contribution >= 0.6 is 15.6 Å². The van der Waals surface area contributed by atoms with E-state index in [0.717, 1.165) is 24.5 Å². The van der Waals surface area contributed by atoms with Gasteiger partial charge in [0, 0.05) is 29.8 Å². The fourth-order valence-electron chi connectivity index (χ4n) is 4.65. The van der Waals surface area contributed by atoms with Crippen LogP contribution in [-0.2, 0) is 33.2 Å². The molecule has 4 heterocycles. The maximum atomic E-state index is 13.2. The summed E-state index contributed by atoms with van der Waals surface area (Å²) in [6.45, 7) is -0.339. The Morgan fingerprint density at radius 1 is 1.16 bits per heavy atom. The lowest BCUT2D eigenvalue weighted by Crippen LogP contribution is -2.33. The molecule has 0 aliphatic carbocycles. The zero-order valence-electron chi connectivity index (χ0n) is 24.9. The molecule has 20 nitrogen and oxygen atoms in total. The molecule has 1 fully saturated rings. The van der Waals surface area contributed by atoms with Gasteiger partial charge in [-0.3, -0.25) is 13.9 Å². The number of amides is 1. The van der Waals surface area contributed by atoms with Crippen molar-refractivity contribution >= 4 is 44.5 Å². The quantitative estimate of drug-likeness (QED) is 0.0688. The first kappa shape index (κ1) is 36.4. The second-order valence-corrected chi connectivity index (χ2v) is 13.8. The molecule has 3 aromatic rings. The summed E-state index contributed by atoms with van der Waals surface area (Å²) in [6, 6.07) is 3.02. The van der Waals surface area contributed by atoms with Crippen molar-refractivity contribution in [3.63, 3.8) is 0 Å². The first-order valence-electron chi connectivity index (χ1n) is 13.9. The van der Waals surface area contributed by atoms with Crippen LogP contribution in [0.15, 0.2) is 46.7 Å². The number of anilines is 1. The number of ether oxygens (including phenoxy) is 1. The zero-order valence-corrected chi connectivity index (χ0v) is 26.7. The lowest BCUT2D eigenvalue weighted by atomic mass is 9.99. The van der Waals surface area contributed by atoms with Gasteiger partial charge in [-0.05, 0) is 19.1 Å². The van der Waals surface area contributed by atoms with Gasteiger partial charge in [-0.15, -0.1) is 10.2 Å². The number of halogens is 3. The second kappa shape index (κ2) is 13.4. The van der Waals surface area contributed by atoms with Crippen molar-refractivity contribution in [3.8, 4) is 5.75 Å². The predicted molar refractivity (Wildman–Crippen MR) is 158 cm³/mol. The van der Waals surface area contributed by atoms with Gasteiger partial charge in [-0.2, -0.15) is 17.5 Å². The number of nitrogen functional groups attached to an aromatic ring is 1. The highest BCUT2D eigenvalue weighted by atomic mass is 31.3. The third-order valence-electron chi connectivity index (χ3n) is 7.19. The molecule has 9 N–H and O–H groups in total. The van der Waals surface area contributed by atoms with Crippen LogP contribution in [0.4, 0.5) is 19.0 Å². The molecule has 5 rings (SSSR count). The van der Waals surface area contributed by atoms with E-state index in [2.05, 4.69) is 34.8 Å². The summed E-state index contributed by atoms with van der Waals surface area (Å²) in [7, 11) is -10.3. The first-order chi connectivity index (χ1) is 22.8. The summed E-state index contributed by atoms with van der Waals surface area (Å²) >= 11 is 0. The Morgan fingerprint density at radius 2 is 1.88 bits per heavy atom. The monoisotopic (exact) mass is 737 g/mol. The number of phenols is 1. The standard InChI is InChI=1S/C24H28F3N9O11P2/c1-11(6-12-2-3-13(7-14(12)37)23(34-35-23)24(25,26)27)21(40)29-4-5-33-48(41,42)47-49(43,44)45-8-15-17(38)18(39)22(46-15)36-10-32-16-19(28)30-9-31-20(16)36/h2-3,6-7,9-10,15,17-18,22,37-39H,4-5,8H2,1H3,(H,29,40)(H,43,44)(H2,28,30,31)(H2,33,41,42)/b11-6+/t15-,17-,18-,22-/m1/s1.